The first-order valence-electron chi connectivity index (χ1n) is 8.10. The van der Waals surface area contributed by atoms with Gasteiger partial charge in [-0.3, -0.25) is 4.79 Å². The average Bonchev–Trinajstić information content (AvgIpc) is 3.03. The van der Waals surface area contributed by atoms with Gasteiger partial charge in [-0.05, 0) is 23.9 Å². The van der Waals surface area contributed by atoms with Crippen LogP contribution in [0.5, 0.6) is 0 Å². The van der Waals surface area contributed by atoms with Gasteiger partial charge in [-0.1, -0.05) is 0 Å². The third-order valence-electron chi connectivity index (χ3n) is 4.28. The predicted octanol–water partition coefficient (Wildman–Crippen LogP) is 1.69. The third kappa shape index (κ3) is 4.35. The molecule has 0 bridgehead atoms. The van der Waals surface area contributed by atoms with Gasteiger partial charge in [0.2, 0.25) is 0 Å². The number of carbonyl (C=O) groups is 1. The van der Waals surface area contributed by atoms with Crippen LogP contribution in [0.4, 0.5) is 14.6 Å². The molecule has 1 amide bonds. The fraction of sp³-hybridized carbons (Fsp3) is 0.438. The number of alkyl halides is 2. The van der Waals surface area contributed by atoms with Crippen molar-refractivity contribution >= 4 is 23.5 Å². The highest BCUT2D eigenvalue weighted by molar-refractivity contribution is 7.99. The molecule has 134 valence electrons. The van der Waals surface area contributed by atoms with Crippen LogP contribution in [0.2, 0.25) is 0 Å². The Morgan fingerprint density at radius 2 is 2.12 bits per heavy atom. The number of likely N-dealkylation sites (tertiary alicyclic amines) is 1. The van der Waals surface area contributed by atoms with Crippen molar-refractivity contribution in [1.82, 2.24) is 14.8 Å². The zero-order valence-corrected chi connectivity index (χ0v) is 14.6. The molecular formula is C16H20F2N5OS+. The maximum absolute atomic E-state index is 12.7. The lowest BCUT2D eigenvalue weighted by molar-refractivity contribution is -0.885. The fourth-order valence-electron chi connectivity index (χ4n) is 2.97. The molecule has 2 aromatic rings. The molecule has 1 saturated heterocycles. The molecule has 3 heterocycles. The quantitative estimate of drug-likeness (QED) is 0.789. The van der Waals surface area contributed by atoms with Crippen molar-refractivity contribution in [3.8, 4) is 0 Å². The minimum atomic E-state index is -2.63. The van der Waals surface area contributed by atoms with E-state index in [1.807, 2.05) is 4.68 Å². The Kier molecular flexibility index (Phi) is 5.64. The highest BCUT2D eigenvalue weighted by atomic mass is 32.2. The zero-order valence-electron chi connectivity index (χ0n) is 13.8. The number of piperidine rings is 1. The van der Waals surface area contributed by atoms with Gasteiger partial charge in [-0.2, -0.15) is 13.9 Å². The average molecular weight is 368 g/mol. The van der Waals surface area contributed by atoms with E-state index in [-0.39, 0.29) is 28.4 Å². The van der Waals surface area contributed by atoms with Crippen molar-refractivity contribution in [1.29, 1.82) is 0 Å². The Morgan fingerprint density at radius 1 is 1.36 bits per heavy atom. The van der Waals surface area contributed by atoms with Gasteiger partial charge in [-0.25, -0.2) is 9.67 Å². The van der Waals surface area contributed by atoms with Crippen molar-refractivity contribution in [3.05, 3.63) is 36.2 Å². The van der Waals surface area contributed by atoms with Crippen LogP contribution in [0.1, 0.15) is 29.2 Å². The Hall–Kier alpha value is -2.00. The predicted molar refractivity (Wildman–Crippen MR) is 91.2 cm³/mol. The van der Waals surface area contributed by atoms with Gasteiger partial charge in [0.1, 0.15) is 10.8 Å². The van der Waals surface area contributed by atoms with Crippen LogP contribution in [-0.2, 0) is 0 Å². The molecule has 3 rings (SSSR count). The molecule has 6 nitrogen and oxygen atoms in total. The molecule has 0 saturated carbocycles. The van der Waals surface area contributed by atoms with Crippen molar-refractivity contribution in [2.75, 3.05) is 25.5 Å². The molecule has 2 N–H and O–H groups in total. The summed E-state index contributed by atoms with van der Waals surface area (Å²) in [5.74, 6) is -2.52. The Balaban J connectivity index is 1.75. The second kappa shape index (κ2) is 7.92. The Bertz CT molecular complexity index is 731. The monoisotopic (exact) mass is 368 g/mol. The summed E-state index contributed by atoms with van der Waals surface area (Å²) in [5.41, 5.74) is 0.133. The van der Waals surface area contributed by atoms with Crippen LogP contribution < -0.4 is 10.2 Å². The molecule has 0 aromatic carbocycles. The zero-order chi connectivity index (χ0) is 17.8. The Morgan fingerprint density at radius 3 is 2.84 bits per heavy atom. The first-order valence-corrected chi connectivity index (χ1v) is 8.98. The van der Waals surface area contributed by atoms with Crippen LogP contribution in [0, 0.1) is 0 Å². The van der Waals surface area contributed by atoms with E-state index in [1.165, 1.54) is 17.2 Å². The lowest BCUT2D eigenvalue weighted by atomic mass is 10.1. The highest BCUT2D eigenvalue weighted by Crippen LogP contribution is 2.27. The van der Waals surface area contributed by atoms with Crippen LogP contribution in [0.3, 0.4) is 0 Å². The van der Waals surface area contributed by atoms with Crippen molar-refractivity contribution < 1.29 is 18.5 Å². The number of hydrogen-bond acceptors (Lipinski definition) is 4. The number of anilines is 1. The molecule has 25 heavy (non-hydrogen) atoms. The molecule has 1 aliphatic rings. The van der Waals surface area contributed by atoms with Crippen LogP contribution in [0.15, 0.2) is 35.6 Å². The van der Waals surface area contributed by atoms with Gasteiger partial charge in [0, 0.05) is 25.1 Å². The lowest BCUT2D eigenvalue weighted by Gasteiger charge is -2.27. The first-order chi connectivity index (χ1) is 12.0. The molecule has 0 spiro atoms. The summed E-state index contributed by atoms with van der Waals surface area (Å²) in [6, 6.07) is 5.01. The fourth-order valence-corrected chi connectivity index (χ4v) is 3.55. The smallest absolute Gasteiger partial charge is 0.290 e. The first kappa shape index (κ1) is 17.8. The summed E-state index contributed by atoms with van der Waals surface area (Å²) in [5, 5.41) is 7.14. The van der Waals surface area contributed by atoms with Gasteiger partial charge < -0.3 is 10.2 Å². The molecule has 1 aliphatic heterocycles. The van der Waals surface area contributed by atoms with Crippen LogP contribution in [-0.4, -0.2) is 46.6 Å². The molecule has 0 atom stereocenters. The molecule has 0 aliphatic carbocycles. The molecule has 0 unspecified atom stereocenters. The standard InChI is InChI=1S/C16H19F2N5OS/c1-22-9-5-11(6-10-22)23-13(4-8-20-23)21-14(24)12-3-2-7-19-15(12)25-16(17)18/h2-4,7-8,11,16H,5-6,9-10H2,1H3,(H,21,24)/p+1. The topological polar surface area (TPSA) is 64.2 Å². The van der Waals surface area contributed by atoms with Crippen molar-refractivity contribution in [2.45, 2.75) is 29.7 Å². The van der Waals surface area contributed by atoms with Gasteiger partial charge in [-0.15, -0.1) is 0 Å². The number of carbonyl (C=O) groups excluding carboxylic acids is 1. The largest absolute Gasteiger partial charge is 0.337 e. The van der Waals surface area contributed by atoms with Gasteiger partial charge >= 0.3 is 0 Å². The normalized spacial score (nSPS) is 20.6. The number of nitrogens with zero attached hydrogens (tertiary/aromatic N) is 3. The second-order valence-electron chi connectivity index (χ2n) is 6.04. The van der Waals surface area contributed by atoms with E-state index in [0.717, 1.165) is 25.9 Å². The summed E-state index contributed by atoms with van der Waals surface area (Å²) in [7, 11) is 2.16. The molecular weight excluding hydrogens is 348 g/mol. The molecule has 1 fully saturated rings. The number of nitrogens with one attached hydrogen (secondary N) is 2. The second-order valence-corrected chi connectivity index (χ2v) is 7.02. The lowest BCUT2D eigenvalue weighted by Crippen LogP contribution is -3.10. The maximum Gasteiger partial charge on any atom is 0.290 e. The number of rotatable bonds is 5. The van der Waals surface area contributed by atoms with Crippen molar-refractivity contribution in [3.63, 3.8) is 0 Å². The van der Waals surface area contributed by atoms with Crippen LogP contribution >= 0.6 is 11.8 Å². The number of hydrogen-bond donors (Lipinski definition) is 2. The van der Waals surface area contributed by atoms with Crippen molar-refractivity contribution in [2.24, 2.45) is 0 Å². The van der Waals surface area contributed by atoms with Crippen LogP contribution in [0.25, 0.3) is 0 Å². The van der Waals surface area contributed by atoms with Gasteiger partial charge in [0.05, 0.1) is 37.9 Å². The minimum Gasteiger partial charge on any atom is -0.337 e. The summed E-state index contributed by atoms with van der Waals surface area (Å²) in [4.78, 5) is 17.9. The van der Waals surface area contributed by atoms with E-state index < -0.39 is 11.7 Å². The van der Waals surface area contributed by atoms with E-state index in [2.05, 4.69) is 22.4 Å². The summed E-state index contributed by atoms with van der Waals surface area (Å²) in [6.45, 7) is 2.10. The van der Waals surface area contributed by atoms with E-state index in [9.17, 15) is 13.6 Å². The van der Waals surface area contributed by atoms with Gasteiger partial charge in [0.25, 0.3) is 11.7 Å². The molecule has 0 radical (unpaired) electrons. The van der Waals surface area contributed by atoms with Gasteiger partial charge in [0.15, 0.2) is 0 Å². The number of thioether (sulfide) groups is 1. The number of halogens is 2. The number of amides is 1. The minimum absolute atomic E-state index is 0.0176. The van der Waals surface area contributed by atoms with E-state index in [1.54, 1.807) is 18.3 Å². The Labute approximate surface area is 148 Å². The maximum atomic E-state index is 12.7. The summed E-state index contributed by atoms with van der Waals surface area (Å²) >= 11 is 0.268. The molecule has 2 aromatic heterocycles. The van der Waals surface area contributed by atoms with E-state index in [0.29, 0.717) is 5.82 Å². The highest BCUT2D eigenvalue weighted by Gasteiger charge is 2.24. The SMILES string of the molecule is C[NH+]1CCC(n2nccc2NC(=O)c2cccnc2SC(F)F)CC1. The van der Waals surface area contributed by atoms with E-state index in [4.69, 9.17) is 0 Å². The third-order valence-corrected chi connectivity index (χ3v) is 5.01. The number of aromatic nitrogens is 3. The summed E-state index contributed by atoms with van der Waals surface area (Å²) in [6.07, 6.45) is 5.00. The summed E-state index contributed by atoms with van der Waals surface area (Å²) < 4.78 is 27.1. The number of pyridine rings is 1. The van der Waals surface area contributed by atoms with E-state index >= 15 is 0 Å². The molecule has 9 heteroatoms. The number of quaternary nitrogens is 1.